The molecule has 0 spiro atoms. The molecule has 42 heavy (non-hydrogen) atoms. The summed E-state index contributed by atoms with van der Waals surface area (Å²) in [5.41, 5.74) is 0. The number of hydrogen-bond donors (Lipinski definition) is 0. The van der Waals surface area contributed by atoms with Gasteiger partial charge in [-0.2, -0.15) is 0 Å². The van der Waals surface area contributed by atoms with E-state index in [-0.39, 0.29) is 0 Å². The van der Waals surface area contributed by atoms with Gasteiger partial charge in [0.05, 0.1) is 79.3 Å². The van der Waals surface area contributed by atoms with E-state index < -0.39 is 0 Å². The Hall–Kier alpha value is -0.280. The van der Waals surface area contributed by atoms with Crippen LogP contribution < -0.4 is 0 Å². The van der Waals surface area contributed by atoms with Crippen molar-refractivity contribution in [1.82, 2.24) is 0 Å². The van der Waals surface area contributed by atoms with Gasteiger partial charge in [-0.05, 0) is 12.8 Å². The normalized spacial score (nSPS) is 11.6. The largest absolute Gasteiger partial charge is 0.379 e. The highest BCUT2D eigenvalue weighted by atomic mass is 16.6. The summed E-state index contributed by atoms with van der Waals surface area (Å²) in [5.74, 6) is 0. The minimum absolute atomic E-state index is 0.567. The van der Waals surface area contributed by atoms with Crippen molar-refractivity contribution < 1.29 is 33.2 Å². The molecule has 0 aromatic heterocycles. The Morgan fingerprint density at radius 2 is 0.357 bits per heavy atom. The Kier molecular flexibility index (Phi) is 40.4. The van der Waals surface area contributed by atoms with Gasteiger partial charge in [-0.15, -0.1) is 0 Å². The fraction of sp³-hybridized carbons (Fsp3) is 1.00. The molecule has 0 amide bonds. The highest BCUT2D eigenvalue weighted by Crippen LogP contribution is 2.11. The van der Waals surface area contributed by atoms with Crippen molar-refractivity contribution >= 4 is 0 Å². The first-order chi connectivity index (χ1) is 20.9. The molecule has 0 N–H and O–H groups in total. The van der Waals surface area contributed by atoms with Crippen LogP contribution in [0.15, 0.2) is 0 Å². The molecule has 0 atom stereocenters. The zero-order chi connectivity index (χ0) is 30.3. The SMILES string of the molecule is CCCCCCCCCCCCCOCCOCCOCCOCCOCCOCCOCCCCCCCCCC. The molecule has 0 aromatic rings. The van der Waals surface area contributed by atoms with Crippen LogP contribution in [0.3, 0.4) is 0 Å². The maximum absolute atomic E-state index is 5.66. The molecular formula is C35H72O7. The maximum atomic E-state index is 5.66. The van der Waals surface area contributed by atoms with E-state index in [1.807, 2.05) is 0 Å². The van der Waals surface area contributed by atoms with Gasteiger partial charge in [0.2, 0.25) is 0 Å². The van der Waals surface area contributed by atoms with E-state index in [9.17, 15) is 0 Å². The monoisotopic (exact) mass is 605 g/mol. The van der Waals surface area contributed by atoms with Gasteiger partial charge < -0.3 is 33.2 Å². The lowest BCUT2D eigenvalue weighted by Gasteiger charge is -2.08. The number of ether oxygens (including phenoxy) is 7. The van der Waals surface area contributed by atoms with Gasteiger partial charge in [0.1, 0.15) is 0 Å². The van der Waals surface area contributed by atoms with E-state index >= 15 is 0 Å². The summed E-state index contributed by atoms with van der Waals surface area (Å²) < 4.78 is 39.0. The molecule has 0 unspecified atom stereocenters. The van der Waals surface area contributed by atoms with Crippen molar-refractivity contribution in [2.75, 3.05) is 92.5 Å². The van der Waals surface area contributed by atoms with E-state index in [0.717, 1.165) is 26.1 Å². The fourth-order valence-corrected chi connectivity index (χ4v) is 4.63. The highest BCUT2D eigenvalue weighted by Gasteiger charge is 1.97. The van der Waals surface area contributed by atoms with Crippen LogP contribution in [-0.4, -0.2) is 92.5 Å². The molecule has 254 valence electrons. The quantitative estimate of drug-likeness (QED) is 0.0651. The second kappa shape index (κ2) is 40.7. The van der Waals surface area contributed by atoms with Crippen LogP contribution >= 0.6 is 0 Å². The minimum Gasteiger partial charge on any atom is -0.379 e. The molecule has 0 aliphatic carbocycles. The molecule has 0 rings (SSSR count). The van der Waals surface area contributed by atoms with Crippen molar-refractivity contribution in [2.24, 2.45) is 0 Å². The predicted octanol–water partition coefficient (Wildman–Crippen LogP) is 8.55. The summed E-state index contributed by atoms with van der Waals surface area (Å²) in [7, 11) is 0. The zero-order valence-electron chi connectivity index (χ0n) is 28.2. The second-order valence-electron chi connectivity index (χ2n) is 11.3. The Labute approximate surface area is 261 Å². The Bertz CT molecular complexity index is 413. The van der Waals surface area contributed by atoms with Gasteiger partial charge >= 0.3 is 0 Å². The van der Waals surface area contributed by atoms with Crippen LogP contribution in [0.5, 0.6) is 0 Å². The number of rotatable bonds is 39. The lowest BCUT2D eigenvalue weighted by Crippen LogP contribution is -2.14. The Morgan fingerprint density at radius 3 is 0.571 bits per heavy atom. The lowest BCUT2D eigenvalue weighted by molar-refractivity contribution is -0.0206. The van der Waals surface area contributed by atoms with E-state index in [1.54, 1.807) is 0 Å². The predicted molar refractivity (Wildman–Crippen MR) is 175 cm³/mol. The topological polar surface area (TPSA) is 64.6 Å². The third kappa shape index (κ3) is 39.7. The van der Waals surface area contributed by atoms with Crippen molar-refractivity contribution in [2.45, 2.75) is 136 Å². The minimum atomic E-state index is 0.567. The Balaban J connectivity index is 3.02. The first kappa shape index (κ1) is 41.7. The zero-order valence-corrected chi connectivity index (χ0v) is 28.2. The van der Waals surface area contributed by atoms with Gasteiger partial charge in [-0.3, -0.25) is 0 Å². The maximum Gasteiger partial charge on any atom is 0.0701 e. The summed E-state index contributed by atoms with van der Waals surface area (Å²) in [6.45, 7) is 13.4. The standard InChI is InChI=1S/C35H72O7/c1-3-5-7-9-11-13-14-15-17-19-21-23-37-25-27-39-29-31-41-33-35-42-34-32-40-30-28-38-26-24-36-22-20-18-16-12-10-8-6-4-2/h3-35H2,1-2H3. The first-order valence-electron chi connectivity index (χ1n) is 18.0. The van der Waals surface area contributed by atoms with Crippen LogP contribution in [0.4, 0.5) is 0 Å². The fourth-order valence-electron chi connectivity index (χ4n) is 4.63. The third-order valence-electron chi connectivity index (χ3n) is 7.27. The number of unbranched alkanes of at least 4 members (excludes halogenated alkanes) is 17. The molecule has 0 aromatic carbocycles. The molecule has 0 saturated carbocycles. The van der Waals surface area contributed by atoms with Crippen LogP contribution in [0.2, 0.25) is 0 Å². The van der Waals surface area contributed by atoms with Crippen molar-refractivity contribution in [3.8, 4) is 0 Å². The molecule has 7 heteroatoms. The van der Waals surface area contributed by atoms with Crippen LogP contribution in [0.1, 0.15) is 136 Å². The molecule has 0 radical (unpaired) electrons. The van der Waals surface area contributed by atoms with Crippen LogP contribution in [0.25, 0.3) is 0 Å². The van der Waals surface area contributed by atoms with Crippen molar-refractivity contribution in [1.29, 1.82) is 0 Å². The average molecular weight is 605 g/mol. The molecule has 7 nitrogen and oxygen atoms in total. The van der Waals surface area contributed by atoms with Crippen molar-refractivity contribution in [3.05, 3.63) is 0 Å². The molecule has 0 aliphatic heterocycles. The van der Waals surface area contributed by atoms with E-state index in [2.05, 4.69) is 13.8 Å². The molecular weight excluding hydrogens is 532 g/mol. The summed E-state index contributed by atoms with van der Waals surface area (Å²) in [5, 5.41) is 0. The summed E-state index contributed by atoms with van der Waals surface area (Å²) >= 11 is 0. The Morgan fingerprint density at radius 1 is 0.190 bits per heavy atom. The summed E-state index contributed by atoms with van der Waals surface area (Å²) in [6.07, 6.45) is 25.6. The first-order valence-corrected chi connectivity index (χ1v) is 18.0. The van der Waals surface area contributed by atoms with Gasteiger partial charge in [-0.25, -0.2) is 0 Å². The van der Waals surface area contributed by atoms with Gasteiger partial charge in [-0.1, -0.05) is 123 Å². The molecule has 0 bridgehead atoms. The third-order valence-corrected chi connectivity index (χ3v) is 7.27. The van der Waals surface area contributed by atoms with E-state index in [4.69, 9.17) is 33.2 Å². The van der Waals surface area contributed by atoms with E-state index in [1.165, 1.54) is 109 Å². The van der Waals surface area contributed by atoms with Crippen LogP contribution in [0, 0.1) is 0 Å². The molecule has 0 saturated heterocycles. The van der Waals surface area contributed by atoms with Gasteiger partial charge in [0.15, 0.2) is 0 Å². The van der Waals surface area contributed by atoms with Crippen molar-refractivity contribution in [3.63, 3.8) is 0 Å². The van der Waals surface area contributed by atoms with E-state index in [0.29, 0.717) is 79.3 Å². The van der Waals surface area contributed by atoms with Crippen LogP contribution in [-0.2, 0) is 33.2 Å². The smallest absolute Gasteiger partial charge is 0.0701 e. The second-order valence-corrected chi connectivity index (χ2v) is 11.3. The van der Waals surface area contributed by atoms with Gasteiger partial charge in [0.25, 0.3) is 0 Å². The number of hydrogen-bond acceptors (Lipinski definition) is 7. The van der Waals surface area contributed by atoms with Gasteiger partial charge in [0, 0.05) is 13.2 Å². The summed E-state index contributed by atoms with van der Waals surface area (Å²) in [6, 6.07) is 0. The molecule has 0 heterocycles. The highest BCUT2D eigenvalue weighted by molar-refractivity contribution is 4.48. The summed E-state index contributed by atoms with van der Waals surface area (Å²) in [4.78, 5) is 0. The lowest BCUT2D eigenvalue weighted by atomic mass is 10.1. The molecule has 0 fully saturated rings. The average Bonchev–Trinajstić information content (AvgIpc) is 3.00. The molecule has 0 aliphatic rings.